The summed E-state index contributed by atoms with van der Waals surface area (Å²) in [4.78, 5) is 11.8. The lowest BCUT2D eigenvalue weighted by Crippen LogP contribution is -2.02. The first kappa shape index (κ1) is 13.4. The topological polar surface area (TPSA) is 59.7 Å². The summed E-state index contributed by atoms with van der Waals surface area (Å²) in [6.07, 6.45) is 0. The maximum absolute atomic E-state index is 11.8. The van der Waals surface area contributed by atoms with Crippen LogP contribution in [0.3, 0.4) is 0 Å². The van der Waals surface area contributed by atoms with E-state index in [9.17, 15) is 4.79 Å². The lowest BCUT2D eigenvalue weighted by molar-refractivity contribution is 0.201. The molecule has 0 amide bonds. The Kier molecular flexibility index (Phi) is 3.71. The van der Waals surface area contributed by atoms with Crippen LogP contribution in [0.15, 0.2) is 63.8 Å². The van der Waals surface area contributed by atoms with Gasteiger partial charge in [0.1, 0.15) is 17.9 Å². The highest BCUT2D eigenvalue weighted by atomic mass is 16.5. The third kappa shape index (κ3) is 2.80. The van der Waals surface area contributed by atoms with E-state index >= 15 is 0 Å². The van der Waals surface area contributed by atoms with E-state index < -0.39 is 5.63 Å². The smallest absolute Gasteiger partial charge is 0.336 e. The van der Waals surface area contributed by atoms with Crippen molar-refractivity contribution in [3.05, 3.63) is 65.0 Å². The molecule has 0 bridgehead atoms. The molecule has 0 aliphatic heterocycles. The molecule has 1 N–H and O–H groups in total. The molecule has 3 aromatic rings. The Morgan fingerprint density at radius 3 is 2.62 bits per heavy atom. The van der Waals surface area contributed by atoms with Gasteiger partial charge in [0.25, 0.3) is 0 Å². The standard InChI is InChI=1S/C17H14O4/c18-8-9-20-13-6-7-14-15(12-4-2-1-3-5-12)11-17(19)21-16(14)10-13/h1-7,10-11,18H,8-9H2. The van der Waals surface area contributed by atoms with E-state index in [1.54, 1.807) is 12.1 Å². The van der Waals surface area contributed by atoms with Crippen LogP contribution in [0.2, 0.25) is 0 Å². The van der Waals surface area contributed by atoms with Gasteiger partial charge in [-0.05, 0) is 23.3 Å². The molecule has 0 aliphatic rings. The second-order valence-corrected chi connectivity index (χ2v) is 4.58. The minimum Gasteiger partial charge on any atom is -0.491 e. The summed E-state index contributed by atoms with van der Waals surface area (Å²) in [5.41, 5.74) is 1.85. The van der Waals surface area contributed by atoms with Gasteiger partial charge in [0.05, 0.1) is 6.61 Å². The van der Waals surface area contributed by atoms with Gasteiger partial charge in [0.15, 0.2) is 0 Å². The van der Waals surface area contributed by atoms with Crippen molar-refractivity contribution in [1.82, 2.24) is 0 Å². The minimum absolute atomic E-state index is 0.0635. The quantitative estimate of drug-likeness (QED) is 0.747. The monoisotopic (exact) mass is 282 g/mol. The molecule has 106 valence electrons. The fourth-order valence-electron chi connectivity index (χ4n) is 2.25. The zero-order chi connectivity index (χ0) is 14.7. The Labute approximate surface area is 121 Å². The summed E-state index contributed by atoms with van der Waals surface area (Å²) >= 11 is 0. The predicted octanol–water partition coefficient (Wildman–Crippen LogP) is 2.83. The number of hydrogen-bond acceptors (Lipinski definition) is 4. The van der Waals surface area contributed by atoms with Gasteiger partial charge in [-0.25, -0.2) is 4.79 Å². The molecule has 3 rings (SSSR count). The Morgan fingerprint density at radius 1 is 1.05 bits per heavy atom. The summed E-state index contributed by atoms with van der Waals surface area (Å²) < 4.78 is 10.6. The molecule has 4 nitrogen and oxygen atoms in total. The summed E-state index contributed by atoms with van der Waals surface area (Å²) in [5, 5.41) is 9.62. The van der Waals surface area contributed by atoms with Crippen molar-refractivity contribution in [3.8, 4) is 16.9 Å². The van der Waals surface area contributed by atoms with Crippen molar-refractivity contribution < 1.29 is 14.3 Å². The molecule has 21 heavy (non-hydrogen) atoms. The van der Waals surface area contributed by atoms with Crippen molar-refractivity contribution in [2.24, 2.45) is 0 Å². The Hall–Kier alpha value is -2.59. The summed E-state index contributed by atoms with van der Waals surface area (Å²) in [7, 11) is 0. The Morgan fingerprint density at radius 2 is 1.86 bits per heavy atom. The number of fused-ring (bicyclic) bond motifs is 1. The molecule has 2 aromatic carbocycles. The van der Waals surface area contributed by atoms with Gasteiger partial charge >= 0.3 is 5.63 Å². The van der Waals surface area contributed by atoms with Gasteiger partial charge in [0.2, 0.25) is 0 Å². The fraction of sp³-hybridized carbons (Fsp3) is 0.118. The number of ether oxygens (including phenoxy) is 1. The molecule has 0 fully saturated rings. The second-order valence-electron chi connectivity index (χ2n) is 4.58. The number of benzene rings is 2. The van der Waals surface area contributed by atoms with Crippen molar-refractivity contribution in [1.29, 1.82) is 0 Å². The maximum atomic E-state index is 11.8. The first-order chi connectivity index (χ1) is 10.3. The third-order valence-electron chi connectivity index (χ3n) is 3.16. The summed E-state index contributed by atoms with van der Waals surface area (Å²) in [5.74, 6) is 0.560. The van der Waals surface area contributed by atoms with Gasteiger partial charge in [-0.2, -0.15) is 0 Å². The van der Waals surface area contributed by atoms with E-state index in [0.717, 1.165) is 16.5 Å². The highest BCUT2D eigenvalue weighted by molar-refractivity contribution is 5.93. The molecule has 0 aliphatic carbocycles. The van der Waals surface area contributed by atoms with Crippen LogP contribution in [0.25, 0.3) is 22.1 Å². The van der Waals surface area contributed by atoms with Crippen molar-refractivity contribution in [3.63, 3.8) is 0 Å². The molecular formula is C17H14O4. The molecule has 0 atom stereocenters. The zero-order valence-corrected chi connectivity index (χ0v) is 11.3. The van der Waals surface area contributed by atoms with Crippen LogP contribution in [0.4, 0.5) is 0 Å². The van der Waals surface area contributed by atoms with Crippen LogP contribution in [-0.2, 0) is 0 Å². The lowest BCUT2D eigenvalue weighted by Gasteiger charge is -2.08. The van der Waals surface area contributed by atoms with E-state index in [0.29, 0.717) is 11.3 Å². The van der Waals surface area contributed by atoms with Gasteiger partial charge < -0.3 is 14.3 Å². The minimum atomic E-state index is -0.402. The van der Waals surface area contributed by atoms with E-state index in [1.165, 1.54) is 6.07 Å². The van der Waals surface area contributed by atoms with Gasteiger partial charge in [0, 0.05) is 17.5 Å². The molecular weight excluding hydrogens is 268 g/mol. The maximum Gasteiger partial charge on any atom is 0.336 e. The molecule has 0 unspecified atom stereocenters. The summed E-state index contributed by atoms with van der Waals surface area (Å²) in [6, 6.07) is 16.5. The van der Waals surface area contributed by atoms with Crippen LogP contribution in [-0.4, -0.2) is 18.3 Å². The molecule has 0 saturated heterocycles. The molecule has 1 aromatic heterocycles. The van der Waals surface area contributed by atoms with Gasteiger partial charge in [-0.3, -0.25) is 0 Å². The molecule has 0 saturated carbocycles. The van der Waals surface area contributed by atoms with E-state index in [1.807, 2.05) is 36.4 Å². The molecule has 0 radical (unpaired) electrons. The van der Waals surface area contributed by atoms with Crippen molar-refractivity contribution in [2.45, 2.75) is 0 Å². The third-order valence-corrected chi connectivity index (χ3v) is 3.16. The average molecular weight is 282 g/mol. The molecule has 1 heterocycles. The van der Waals surface area contributed by atoms with Crippen LogP contribution < -0.4 is 10.4 Å². The van der Waals surface area contributed by atoms with Gasteiger partial charge in [-0.1, -0.05) is 30.3 Å². The largest absolute Gasteiger partial charge is 0.491 e. The number of aliphatic hydroxyl groups is 1. The number of aliphatic hydroxyl groups excluding tert-OH is 1. The van der Waals surface area contributed by atoms with Crippen LogP contribution in [0, 0.1) is 0 Å². The van der Waals surface area contributed by atoms with Crippen molar-refractivity contribution >= 4 is 11.0 Å². The summed E-state index contributed by atoms with van der Waals surface area (Å²) in [6.45, 7) is 0.139. The first-order valence-electron chi connectivity index (χ1n) is 6.65. The Bertz CT molecular complexity index is 806. The van der Waals surface area contributed by atoms with Crippen LogP contribution in [0.5, 0.6) is 5.75 Å². The Balaban J connectivity index is 2.15. The van der Waals surface area contributed by atoms with Crippen molar-refractivity contribution in [2.75, 3.05) is 13.2 Å². The fourth-order valence-corrected chi connectivity index (χ4v) is 2.25. The lowest BCUT2D eigenvalue weighted by atomic mass is 10.0. The highest BCUT2D eigenvalue weighted by Crippen LogP contribution is 2.29. The van der Waals surface area contributed by atoms with Gasteiger partial charge in [-0.15, -0.1) is 0 Å². The normalized spacial score (nSPS) is 10.7. The molecule has 0 spiro atoms. The van der Waals surface area contributed by atoms with E-state index in [-0.39, 0.29) is 13.2 Å². The second kappa shape index (κ2) is 5.81. The number of rotatable bonds is 4. The van der Waals surface area contributed by atoms with E-state index in [4.69, 9.17) is 14.3 Å². The molecule has 4 heteroatoms. The van der Waals surface area contributed by atoms with E-state index in [2.05, 4.69) is 0 Å². The van der Waals surface area contributed by atoms with Crippen LogP contribution >= 0.6 is 0 Å². The average Bonchev–Trinajstić information content (AvgIpc) is 2.52. The highest BCUT2D eigenvalue weighted by Gasteiger charge is 2.08. The first-order valence-corrected chi connectivity index (χ1v) is 6.65. The predicted molar refractivity (Wildman–Crippen MR) is 80.5 cm³/mol. The zero-order valence-electron chi connectivity index (χ0n) is 11.3. The van der Waals surface area contributed by atoms with Crippen LogP contribution in [0.1, 0.15) is 0 Å². The number of hydrogen-bond donors (Lipinski definition) is 1. The SMILES string of the molecule is O=c1cc(-c2ccccc2)c2ccc(OCCO)cc2o1.